The van der Waals surface area contributed by atoms with E-state index in [4.69, 9.17) is 10.9 Å². The first-order valence-electron chi connectivity index (χ1n) is 7.25. The average Bonchev–Trinajstić information content (AvgIpc) is 2.91. The van der Waals surface area contributed by atoms with Crippen molar-refractivity contribution < 1.29 is 5.21 Å². The zero-order chi connectivity index (χ0) is 14.8. The van der Waals surface area contributed by atoms with Gasteiger partial charge in [-0.1, -0.05) is 19.0 Å². The SMILES string of the molecule is CCC1(CC)CCN(c2nc(C)ccc2/C(N)=N/O)C1. The summed E-state index contributed by atoms with van der Waals surface area (Å²) in [6, 6.07) is 3.77. The van der Waals surface area contributed by atoms with Gasteiger partial charge in [0.05, 0.1) is 5.56 Å². The van der Waals surface area contributed by atoms with Gasteiger partial charge in [-0.2, -0.15) is 0 Å². The average molecular weight is 276 g/mol. The van der Waals surface area contributed by atoms with E-state index in [2.05, 4.69) is 28.9 Å². The molecule has 0 aromatic carbocycles. The summed E-state index contributed by atoms with van der Waals surface area (Å²) in [4.78, 5) is 6.88. The number of amidine groups is 1. The summed E-state index contributed by atoms with van der Waals surface area (Å²) < 4.78 is 0. The van der Waals surface area contributed by atoms with Crippen LogP contribution in [-0.2, 0) is 0 Å². The molecule has 0 saturated carbocycles. The molecular formula is C15H24N4O. The van der Waals surface area contributed by atoms with E-state index < -0.39 is 0 Å². The highest BCUT2D eigenvalue weighted by molar-refractivity contribution is 6.01. The van der Waals surface area contributed by atoms with Crippen LogP contribution in [0.1, 0.15) is 44.4 Å². The summed E-state index contributed by atoms with van der Waals surface area (Å²) in [5, 5.41) is 12.1. The van der Waals surface area contributed by atoms with Gasteiger partial charge < -0.3 is 15.8 Å². The number of hydrogen-bond donors (Lipinski definition) is 2. The monoisotopic (exact) mass is 276 g/mol. The van der Waals surface area contributed by atoms with Crippen LogP contribution in [0.3, 0.4) is 0 Å². The van der Waals surface area contributed by atoms with Gasteiger partial charge in [-0.3, -0.25) is 0 Å². The van der Waals surface area contributed by atoms with Crippen molar-refractivity contribution in [2.45, 2.75) is 40.0 Å². The molecule has 1 aliphatic rings. The second kappa shape index (κ2) is 5.69. The minimum absolute atomic E-state index is 0.123. The predicted molar refractivity (Wildman–Crippen MR) is 81.3 cm³/mol. The molecule has 5 nitrogen and oxygen atoms in total. The lowest BCUT2D eigenvalue weighted by Crippen LogP contribution is -2.29. The van der Waals surface area contributed by atoms with Crippen LogP contribution in [0.15, 0.2) is 17.3 Å². The van der Waals surface area contributed by atoms with E-state index in [1.54, 1.807) is 0 Å². The Balaban J connectivity index is 2.36. The molecule has 0 spiro atoms. The molecule has 20 heavy (non-hydrogen) atoms. The Labute approximate surface area is 120 Å². The maximum Gasteiger partial charge on any atom is 0.173 e. The van der Waals surface area contributed by atoms with E-state index >= 15 is 0 Å². The van der Waals surface area contributed by atoms with E-state index in [0.717, 1.165) is 24.6 Å². The number of anilines is 1. The number of oxime groups is 1. The molecule has 0 bridgehead atoms. The van der Waals surface area contributed by atoms with Crippen LogP contribution >= 0.6 is 0 Å². The number of nitrogens with two attached hydrogens (primary N) is 1. The number of hydrogen-bond acceptors (Lipinski definition) is 4. The van der Waals surface area contributed by atoms with Crippen LogP contribution < -0.4 is 10.6 Å². The van der Waals surface area contributed by atoms with Gasteiger partial charge in [0, 0.05) is 18.8 Å². The molecule has 1 aliphatic heterocycles. The quantitative estimate of drug-likeness (QED) is 0.383. The van der Waals surface area contributed by atoms with Crippen LogP contribution in [0, 0.1) is 12.3 Å². The molecule has 0 radical (unpaired) electrons. The Morgan fingerprint density at radius 1 is 1.45 bits per heavy atom. The molecule has 2 heterocycles. The Kier molecular flexibility index (Phi) is 4.16. The fourth-order valence-corrected chi connectivity index (χ4v) is 2.98. The summed E-state index contributed by atoms with van der Waals surface area (Å²) in [6.07, 6.45) is 3.51. The van der Waals surface area contributed by atoms with Crippen molar-refractivity contribution in [3.63, 3.8) is 0 Å². The maximum atomic E-state index is 8.94. The molecule has 3 N–H and O–H groups in total. The first kappa shape index (κ1) is 14.6. The van der Waals surface area contributed by atoms with Crippen LogP contribution in [0.4, 0.5) is 5.82 Å². The van der Waals surface area contributed by atoms with Gasteiger partial charge in [-0.15, -0.1) is 0 Å². The molecule has 0 aliphatic carbocycles. The smallest absolute Gasteiger partial charge is 0.173 e. The van der Waals surface area contributed by atoms with E-state index in [9.17, 15) is 0 Å². The minimum Gasteiger partial charge on any atom is -0.409 e. The van der Waals surface area contributed by atoms with Gasteiger partial charge in [0.1, 0.15) is 5.82 Å². The number of nitrogens with zero attached hydrogens (tertiary/aromatic N) is 3. The Bertz CT molecular complexity index is 509. The molecule has 5 heteroatoms. The topological polar surface area (TPSA) is 74.7 Å². The zero-order valence-electron chi connectivity index (χ0n) is 12.6. The minimum atomic E-state index is 0.123. The largest absolute Gasteiger partial charge is 0.409 e. The number of aryl methyl sites for hydroxylation is 1. The third-order valence-corrected chi connectivity index (χ3v) is 4.64. The van der Waals surface area contributed by atoms with E-state index in [1.165, 1.54) is 19.3 Å². The van der Waals surface area contributed by atoms with Crippen molar-refractivity contribution in [2.75, 3.05) is 18.0 Å². The number of aromatic nitrogens is 1. The van der Waals surface area contributed by atoms with Gasteiger partial charge >= 0.3 is 0 Å². The third-order valence-electron chi connectivity index (χ3n) is 4.64. The predicted octanol–water partition coefficient (Wildman–Crippen LogP) is 2.50. The first-order valence-corrected chi connectivity index (χ1v) is 7.25. The summed E-state index contributed by atoms with van der Waals surface area (Å²) >= 11 is 0. The molecule has 0 amide bonds. The van der Waals surface area contributed by atoms with Gasteiger partial charge in [-0.25, -0.2) is 4.98 Å². The van der Waals surface area contributed by atoms with E-state index in [1.807, 2.05) is 19.1 Å². The number of pyridine rings is 1. The van der Waals surface area contributed by atoms with Crippen LogP contribution in [0.25, 0.3) is 0 Å². The lowest BCUT2D eigenvalue weighted by molar-refractivity contribution is 0.301. The summed E-state index contributed by atoms with van der Waals surface area (Å²) in [6.45, 7) is 8.43. The van der Waals surface area contributed by atoms with Crippen molar-refractivity contribution in [2.24, 2.45) is 16.3 Å². The van der Waals surface area contributed by atoms with Crippen LogP contribution in [0.2, 0.25) is 0 Å². The summed E-state index contributed by atoms with van der Waals surface area (Å²) in [5.41, 5.74) is 7.80. The van der Waals surface area contributed by atoms with Gasteiger partial charge in [0.15, 0.2) is 5.84 Å². The van der Waals surface area contributed by atoms with Gasteiger partial charge in [-0.05, 0) is 43.7 Å². The maximum absolute atomic E-state index is 8.94. The molecule has 1 fully saturated rings. The Morgan fingerprint density at radius 3 is 2.70 bits per heavy atom. The lowest BCUT2D eigenvalue weighted by Gasteiger charge is -2.27. The molecular weight excluding hydrogens is 252 g/mol. The normalized spacial score (nSPS) is 18.6. The lowest BCUT2D eigenvalue weighted by atomic mass is 9.82. The van der Waals surface area contributed by atoms with Crippen molar-refractivity contribution in [1.29, 1.82) is 0 Å². The highest BCUT2D eigenvalue weighted by atomic mass is 16.4. The van der Waals surface area contributed by atoms with Crippen LogP contribution in [-0.4, -0.2) is 29.1 Å². The van der Waals surface area contributed by atoms with E-state index in [-0.39, 0.29) is 5.84 Å². The molecule has 1 aromatic heterocycles. The van der Waals surface area contributed by atoms with Crippen molar-refractivity contribution in [1.82, 2.24) is 4.98 Å². The standard InChI is InChI=1S/C15H24N4O/c1-4-15(5-2)8-9-19(10-15)14-12(13(16)18-20)7-6-11(3)17-14/h6-7,20H,4-5,8-10H2,1-3H3,(H2,16,18). The second-order valence-electron chi connectivity index (χ2n) is 5.69. The van der Waals surface area contributed by atoms with Crippen molar-refractivity contribution in [3.8, 4) is 0 Å². The third kappa shape index (κ3) is 2.57. The number of rotatable bonds is 4. The van der Waals surface area contributed by atoms with Gasteiger partial charge in [0.2, 0.25) is 0 Å². The van der Waals surface area contributed by atoms with Crippen molar-refractivity contribution in [3.05, 3.63) is 23.4 Å². The highest BCUT2D eigenvalue weighted by Crippen LogP contribution is 2.39. The summed E-state index contributed by atoms with van der Waals surface area (Å²) in [5.74, 6) is 0.960. The molecule has 0 atom stereocenters. The fourth-order valence-electron chi connectivity index (χ4n) is 2.98. The zero-order valence-corrected chi connectivity index (χ0v) is 12.6. The Hall–Kier alpha value is -1.78. The fraction of sp³-hybridized carbons (Fsp3) is 0.600. The molecule has 0 unspecified atom stereocenters. The molecule has 2 rings (SSSR count). The second-order valence-corrected chi connectivity index (χ2v) is 5.69. The molecule has 1 aromatic rings. The van der Waals surface area contributed by atoms with Crippen molar-refractivity contribution >= 4 is 11.7 Å². The first-order chi connectivity index (χ1) is 9.55. The van der Waals surface area contributed by atoms with Gasteiger partial charge in [0.25, 0.3) is 0 Å². The summed E-state index contributed by atoms with van der Waals surface area (Å²) in [7, 11) is 0. The van der Waals surface area contributed by atoms with Crippen LogP contribution in [0.5, 0.6) is 0 Å². The molecule has 110 valence electrons. The molecule has 1 saturated heterocycles. The highest BCUT2D eigenvalue weighted by Gasteiger charge is 2.36. The van der Waals surface area contributed by atoms with E-state index in [0.29, 0.717) is 11.0 Å². The Morgan fingerprint density at radius 2 is 2.15 bits per heavy atom.